The Balaban J connectivity index is 1.93. The number of anilines is 1. The van der Waals surface area contributed by atoms with E-state index in [1.807, 2.05) is 18.3 Å². The van der Waals surface area contributed by atoms with Gasteiger partial charge in [-0.05, 0) is 23.3 Å². The predicted octanol–water partition coefficient (Wildman–Crippen LogP) is 2.09. The lowest BCUT2D eigenvalue weighted by atomic mass is 10.1. The molecule has 0 unspecified atom stereocenters. The van der Waals surface area contributed by atoms with Crippen molar-refractivity contribution in [2.75, 3.05) is 5.32 Å². The van der Waals surface area contributed by atoms with Crippen molar-refractivity contribution < 1.29 is 0 Å². The largest absolute Gasteiger partial charge is 0.368 e. The first-order valence-electron chi connectivity index (χ1n) is 5.03. The summed E-state index contributed by atoms with van der Waals surface area (Å²) in [6, 6.07) is 12.3. The van der Waals surface area contributed by atoms with E-state index in [1.165, 1.54) is 11.1 Å². The molecule has 0 atom stereocenters. The summed E-state index contributed by atoms with van der Waals surface area (Å²) in [6.07, 6.45) is 1.90. The van der Waals surface area contributed by atoms with Crippen LogP contribution in [0, 0.1) is 0 Å². The van der Waals surface area contributed by atoms with Crippen molar-refractivity contribution >= 4 is 5.82 Å². The van der Waals surface area contributed by atoms with Crippen molar-refractivity contribution in [2.45, 2.75) is 13.1 Å². The Labute approximate surface area is 89.3 Å². The molecule has 0 saturated carbocycles. The summed E-state index contributed by atoms with van der Waals surface area (Å²) in [5.41, 5.74) is 7.95. The Kier molecular flexibility index (Phi) is 3.05. The number of hydrogen-bond donors (Lipinski definition) is 3. The maximum atomic E-state index is 5.53. The molecule has 0 bridgehead atoms. The molecule has 0 saturated heterocycles. The minimum Gasteiger partial charge on any atom is -0.368 e. The van der Waals surface area contributed by atoms with E-state index in [0.717, 1.165) is 12.4 Å². The van der Waals surface area contributed by atoms with Crippen LogP contribution in [0.15, 0.2) is 42.6 Å². The highest BCUT2D eigenvalue weighted by Crippen LogP contribution is 2.07. The van der Waals surface area contributed by atoms with Gasteiger partial charge in [-0.25, -0.2) is 0 Å². The number of benzene rings is 1. The van der Waals surface area contributed by atoms with Gasteiger partial charge in [0, 0.05) is 19.3 Å². The summed E-state index contributed by atoms with van der Waals surface area (Å²) >= 11 is 0. The summed E-state index contributed by atoms with van der Waals surface area (Å²) < 4.78 is 0. The molecule has 15 heavy (non-hydrogen) atoms. The highest BCUT2D eigenvalue weighted by atomic mass is 15.0. The molecular formula is C12H15N3. The van der Waals surface area contributed by atoms with E-state index in [4.69, 9.17) is 5.73 Å². The second-order valence-corrected chi connectivity index (χ2v) is 3.46. The first-order valence-corrected chi connectivity index (χ1v) is 5.03. The van der Waals surface area contributed by atoms with Gasteiger partial charge in [0.15, 0.2) is 0 Å². The fourth-order valence-corrected chi connectivity index (χ4v) is 1.43. The fraction of sp³-hybridized carbons (Fsp3) is 0.167. The molecule has 78 valence electrons. The SMILES string of the molecule is NCc1ccc(CNc2ccc[nH]2)cc1. The first-order chi connectivity index (χ1) is 7.38. The van der Waals surface area contributed by atoms with E-state index < -0.39 is 0 Å². The third kappa shape index (κ3) is 2.60. The maximum absolute atomic E-state index is 5.53. The smallest absolute Gasteiger partial charge is 0.103 e. The van der Waals surface area contributed by atoms with Crippen LogP contribution in [0.5, 0.6) is 0 Å². The van der Waals surface area contributed by atoms with Crippen LogP contribution in [0.1, 0.15) is 11.1 Å². The number of nitrogens with two attached hydrogens (primary N) is 1. The normalized spacial score (nSPS) is 10.2. The number of nitrogens with one attached hydrogen (secondary N) is 2. The molecule has 0 aliphatic heterocycles. The van der Waals surface area contributed by atoms with Gasteiger partial charge in [0.25, 0.3) is 0 Å². The monoisotopic (exact) mass is 201 g/mol. The molecule has 0 fully saturated rings. The molecule has 0 aliphatic carbocycles. The number of H-pyrrole nitrogens is 1. The summed E-state index contributed by atoms with van der Waals surface area (Å²) in [4.78, 5) is 3.10. The molecule has 0 spiro atoms. The lowest BCUT2D eigenvalue weighted by Gasteiger charge is -2.04. The Bertz CT molecular complexity index is 389. The number of aromatic amines is 1. The van der Waals surface area contributed by atoms with Crippen molar-refractivity contribution in [2.24, 2.45) is 5.73 Å². The Morgan fingerprint density at radius 2 is 1.80 bits per heavy atom. The molecule has 1 aromatic carbocycles. The van der Waals surface area contributed by atoms with E-state index in [0.29, 0.717) is 6.54 Å². The molecule has 1 heterocycles. The lowest BCUT2D eigenvalue weighted by Crippen LogP contribution is -2.00. The summed E-state index contributed by atoms with van der Waals surface area (Å²) in [5.74, 6) is 1.04. The van der Waals surface area contributed by atoms with Crippen LogP contribution in [-0.4, -0.2) is 4.98 Å². The van der Waals surface area contributed by atoms with Crippen LogP contribution in [0.2, 0.25) is 0 Å². The molecule has 0 radical (unpaired) electrons. The van der Waals surface area contributed by atoms with Gasteiger partial charge in [-0.15, -0.1) is 0 Å². The zero-order valence-corrected chi connectivity index (χ0v) is 8.53. The molecule has 2 aromatic rings. The third-order valence-electron chi connectivity index (χ3n) is 2.34. The molecule has 0 aliphatic rings. The number of aromatic nitrogens is 1. The Morgan fingerprint density at radius 3 is 2.40 bits per heavy atom. The molecule has 1 aromatic heterocycles. The van der Waals surface area contributed by atoms with Gasteiger partial charge in [-0.3, -0.25) is 0 Å². The average Bonchev–Trinajstić information content (AvgIpc) is 2.80. The number of hydrogen-bond acceptors (Lipinski definition) is 2. The van der Waals surface area contributed by atoms with Gasteiger partial charge < -0.3 is 16.0 Å². The van der Waals surface area contributed by atoms with Crippen molar-refractivity contribution in [3.8, 4) is 0 Å². The van der Waals surface area contributed by atoms with E-state index in [1.54, 1.807) is 0 Å². The molecule has 4 N–H and O–H groups in total. The first kappa shape index (κ1) is 9.80. The topological polar surface area (TPSA) is 53.8 Å². The Morgan fingerprint density at radius 1 is 1.07 bits per heavy atom. The second kappa shape index (κ2) is 4.66. The van der Waals surface area contributed by atoms with Crippen LogP contribution < -0.4 is 11.1 Å². The molecule has 2 rings (SSSR count). The van der Waals surface area contributed by atoms with Crippen molar-refractivity contribution in [3.05, 3.63) is 53.7 Å². The zero-order chi connectivity index (χ0) is 10.5. The van der Waals surface area contributed by atoms with Gasteiger partial charge in [-0.2, -0.15) is 0 Å². The minimum atomic E-state index is 0.602. The van der Waals surface area contributed by atoms with Crippen LogP contribution in [0.25, 0.3) is 0 Å². The van der Waals surface area contributed by atoms with Gasteiger partial charge >= 0.3 is 0 Å². The van der Waals surface area contributed by atoms with E-state index in [9.17, 15) is 0 Å². The maximum Gasteiger partial charge on any atom is 0.103 e. The summed E-state index contributed by atoms with van der Waals surface area (Å²) in [6.45, 7) is 1.43. The molecular weight excluding hydrogens is 186 g/mol. The van der Waals surface area contributed by atoms with Gasteiger partial charge in [0.2, 0.25) is 0 Å². The van der Waals surface area contributed by atoms with Crippen LogP contribution in [-0.2, 0) is 13.1 Å². The molecule has 0 amide bonds. The molecule has 3 heteroatoms. The summed E-state index contributed by atoms with van der Waals surface area (Å²) in [7, 11) is 0. The zero-order valence-electron chi connectivity index (χ0n) is 8.53. The second-order valence-electron chi connectivity index (χ2n) is 3.46. The van der Waals surface area contributed by atoms with Crippen molar-refractivity contribution in [3.63, 3.8) is 0 Å². The van der Waals surface area contributed by atoms with Crippen molar-refractivity contribution in [1.29, 1.82) is 0 Å². The van der Waals surface area contributed by atoms with Crippen molar-refractivity contribution in [1.82, 2.24) is 4.98 Å². The predicted molar refractivity (Wildman–Crippen MR) is 62.5 cm³/mol. The van der Waals surface area contributed by atoms with Gasteiger partial charge in [0.05, 0.1) is 0 Å². The number of rotatable bonds is 4. The average molecular weight is 201 g/mol. The molecule has 3 nitrogen and oxygen atoms in total. The highest BCUT2D eigenvalue weighted by molar-refractivity contribution is 5.36. The highest BCUT2D eigenvalue weighted by Gasteiger charge is 1.94. The van der Waals surface area contributed by atoms with Crippen LogP contribution in [0.4, 0.5) is 5.82 Å². The minimum absolute atomic E-state index is 0.602. The quantitative estimate of drug-likeness (QED) is 0.709. The lowest BCUT2D eigenvalue weighted by molar-refractivity contribution is 1.06. The van der Waals surface area contributed by atoms with Gasteiger partial charge in [-0.1, -0.05) is 24.3 Å². The van der Waals surface area contributed by atoms with Crippen LogP contribution in [0.3, 0.4) is 0 Å². The van der Waals surface area contributed by atoms with Crippen LogP contribution >= 0.6 is 0 Å². The van der Waals surface area contributed by atoms with Gasteiger partial charge in [0.1, 0.15) is 5.82 Å². The fourth-order valence-electron chi connectivity index (χ4n) is 1.43. The van der Waals surface area contributed by atoms with E-state index >= 15 is 0 Å². The summed E-state index contributed by atoms with van der Waals surface area (Å²) in [5, 5.41) is 3.29. The van der Waals surface area contributed by atoms with E-state index in [2.05, 4.69) is 34.6 Å². The Hall–Kier alpha value is -1.74. The standard InChI is InChI=1S/C12H15N3/c13-8-10-3-5-11(6-4-10)9-15-12-2-1-7-14-12/h1-7,14-15H,8-9,13H2. The van der Waals surface area contributed by atoms with E-state index in [-0.39, 0.29) is 0 Å². The third-order valence-corrected chi connectivity index (χ3v) is 2.34.